The number of hydrogen-bond acceptors (Lipinski definition) is 2. The molecule has 1 atom stereocenters. The minimum Gasteiger partial charge on any atom is -0.339 e. The van der Waals surface area contributed by atoms with E-state index in [2.05, 4.69) is 13.8 Å². The number of rotatable bonds is 3. The topological polar surface area (TPSA) is 46.3 Å². The Kier molecular flexibility index (Phi) is 3.77. The molecule has 1 rings (SSSR count). The van der Waals surface area contributed by atoms with E-state index in [-0.39, 0.29) is 11.4 Å². The van der Waals surface area contributed by atoms with Crippen LogP contribution < -0.4 is 5.73 Å². The number of carbonyl (C=O) groups is 1. The molecule has 0 aromatic heterocycles. The van der Waals surface area contributed by atoms with Gasteiger partial charge in [0, 0.05) is 24.5 Å². The minimum absolute atomic E-state index is 0.221. The predicted molar refractivity (Wildman–Crippen MR) is 62.5 cm³/mol. The Balaban J connectivity index is 2.59. The zero-order valence-electron chi connectivity index (χ0n) is 10.4. The van der Waals surface area contributed by atoms with Gasteiger partial charge in [-0.2, -0.15) is 0 Å². The van der Waals surface area contributed by atoms with E-state index in [1.165, 1.54) is 0 Å². The van der Waals surface area contributed by atoms with Crippen LogP contribution in [0.1, 0.15) is 47.0 Å². The lowest BCUT2D eigenvalue weighted by atomic mass is 9.98. The third kappa shape index (κ3) is 3.49. The van der Waals surface area contributed by atoms with Crippen LogP contribution in [0.15, 0.2) is 0 Å². The number of amides is 1. The lowest BCUT2D eigenvalue weighted by Crippen LogP contribution is -2.44. The van der Waals surface area contributed by atoms with Gasteiger partial charge in [0.1, 0.15) is 0 Å². The molecule has 88 valence electrons. The third-order valence-corrected chi connectivity index (χ3v) is 3.00. The second kappa shape index (κ2) is 4.52. The maximum atomic E-state index is 12.0. The Hall–Kier alpha value is -0.570. The largest absolute Gasteiger partial charge is 0.339 e. The minimum atomic E-state index is -0.388. The molecule has 1 fully saturated rings. The second-order valence-corrected chi connectivity index (χ2v) is 5.71. The molecule has 0 bridgehead atoms. The zero-order chi connectivity index (χ0) is 11.6. The van der Waals surface area contributed by atoms with Crippen LogP contribution in [-0.4, -0.2) is 28.9 Å². The van der Waals surface area contributed by atoms with Gasteiger partial charge in [0.2, 0.25) is 5.91 Å². The highest BCUT2D eigenvalue weighted by atomic mass is 16.2. The van der Waals surface area contributed by atoms with Crippen LogP contribution in [0, 0.1) is 5.92 Å². The average molecular weight is 212 g/mol. The smallest absolute Gasteiger partial charge is 0.224 e. The molecule has 0 aromatic carbocycles. The van der Waals surface area contributed by atoms with Gasteiger partial charge in [-0.25, -0.2) is 0 Å². The maximum Gasteiger partial charge on any atom is 0.224 e. The van der Waals surface area contributed by atoms with Crippen molar-refractivity contribution >= 4 is 5.91 Å². The van der Waals surface area contributed by atoms with Crippen molar-refractivity contribution in [2.24, 2.45) is 11.7 Å². The normalized spacial score (nSPS) is 22.5. The summed E-state index contributed by atoms with van der Waals surface area (Å²) >= 11 is 0. The number of likely N-dealkylation sites (tertiary alicyclic amines) is 1. The van der Waals surface area contributed by atoms with Gasteiger partial charge in [-0.1, -0.05) is 13.8 Å². The first-order valence-electron chi connectivity index (χ1n) is 5.89. The first-order chi connectivity index (χ1) is 6.81. The van der Waals surface area contributed by atoms with Crippen LogP contribution in [0.5, 0.6) is 0 Å². The van der Waals surface area contributed by atoms with Gasteiger partial charge in [-0.05, 0) is 32.6 Å². The molecule has 2 N–H and O–H groups in total. The molecule has 1 heterocycles. The molecular weight excluding hydrogens is 188 g/mol. The summed E-state index contributed by atoms with van der Waals surface area (Å²) < 4.78 is 0. The van der Waals surface area contributed by atoms with Crippen LogP contribution in [0.3, 0.4) is 0 Å². The van der Waals surface area contributed by atoms with Crippen molar-refractivity contribution in [3.63, 3.8) is 0 Å². The highest BCUT2D eigenvalue weighted by Gasteiger charge is 2.32. The molecule has 0 spiro atoms. The van der Waals surface area contributed by atoms with Crippen molar-refractivity contribution in [1.82, 2.24) is 4.90 Å². The number of nitrogens with zero attached hydrogens (tertiary/aromatic N) is 1. The molecule has 0 aliphatic carbocycles. The van der Waals surface area contributed by atoms with E-state index in [0.717, 1.165) is 19.4 Å². The molecule has 3 heteroatoms. The fourth-order valence-corrected chi connectivity index (χ4v) is 2.29. The summed E-state index contributed by atoms with van der Waals surface area (Å²) in [6, 6.07) is 0.430. The summed E-state index contributed by atoms with van der Waals surface area (Å²) in [5, 5.41) is 0. The molecule has 1 saturated heterocycles. The van der Waals surface area contributed by atoms with E-state index in [4.69, 9.17) is 5.73 Å². The highest BCUT2D eigenvalue weighted by Crippen LogP contribution is 2.25. The summed E-state index contributed by atoms with van der Waals surface area (Å²) in [6.07, 6.45) is 2.74. The molecule has 3 nitrogen and oxygen atoms in total. The van der Waals surface area contributed by atoms with E-state index in [0.29, 0.717) is 18.4 Å². The lowest BCUT2D eigenvalue weighted by molar-refractivity contribution is -0.133. The molecule has 1 unspecified atom stereocenters. The van der Waals surface area contributed by atoms with Gasteiger partial charge < -0.3 is 10.6 Å². The van der Waals surface area contributed by atoms with Crippen molar-refractivity contribution in [2.75, 3.05) is 6.54 Å². The van der Waals surface area contributed by atoms with E-state index < -0.39 is 0 Å². The monoisotopic (exact) mass is 212 g/mol. The van der Waals surface area contributed by atoms with E-state index >= 15 is 0 Å². The first kappa shape index (κ1) is 12.5. The molecule has 0 aromatic rings. The molecule has 1 aliphatic heterocycles. The molecular formula is C12H24N2O. The average Bonchev–Trinajstić information content (AvgIpc) is 2.47. The standard InChI is InChI=1S/C12H24N2O/c1-9(2)10-6-5-7-14(10)11(15)8-12(3,4)13/h9-10H,5-8,13H2,1-4H3. The summed E-state index contributed by atoms with van der Waals surface area (Å²) in [6.45, 7) is 9.10. The van der Waals surface area contributed by atoms with Crippen LogP contribution in [0.4, 0.5) is 0 Å². The molecule has 0 saturated carbocycles. The van der Waals surface area contributed by atoms with Gasteiger partial charge in [0.05, 0.1) is 0 Å². The van der Waals surface area contributed by atoms with Gasteiger partial charge in [0.15, 0.2) is 0 Å². The lowest BCUT2D eigenvalue weighted by Gasteiger charge is -2.30. The number of nitrogens with two attached hydrogens (primary N) is 1. The van der Waals surface area contributed by atoms with Crippen molar-refractivity contribution in [2.45, 2.75) is 58.5 Å². The Morgan fingerprint density at radius 1 is 1.53 bits per heavy atom. The Bertz CT molecular complexity index is 230. The summed E-state index contributed by atoms with van der Waals surface area (Å²) in [4.78, 5) is 14.0. The SMILES string of the molecule is CC(C)C1CCCN1C(=O)CC(C)(C)N. The van der Waals surface area contributed by atoms with Crippen molar-refractivity contribution in [1.29, 1.82) is 0 Å². The summed E-state index contributed by atoms with van der Waals surface area (Å²) in [5.41, 5.74) is 5.49. The quantitative estimate of drug-likeness (QED) is 0.775. The number of hydrogen-bond donors (Lipinski definition) is 1. The Labute approximate surface area is 93.0 Å². The summed E-state index contributed by atoms with van der Waals surface area (Å²) in [7, 11) is 0. The van der Waals surface area contributed by atoms with Crippen LogP contribution >= 0.6 is 0 Å². The Morgan fingerprint density at radius 3 is 2.60 bits per heavy atom. The van der Waals surface area contributed by atoms with Crippen molar-refractivity contribution in [3.05, 3.63) is 0 Å². The van der Waals surface area contributed by atoms with Crippen LogP contribution in [-0.2, 0) is 4.79 Å². The predicted octanol–water partition coefficient (Wildman–Crippen LogP) is 1.76. The van der Waals surface area contributed by atoms with E-state index in [9.17, 15) is 4.79 Å². The van der Waals surface area contributed by atoms with E-state index in [1.807, 2.05) is 18.7 Å². The van der Waals surface area contributed by atoms with Crippen molar-refractivity contribution in [3.8, 4) is 0 Å². The fraction of sp³-hybridized carbons (Fsp3) is 0.917. The molecule has 0 radical (unpaired) electrons. The highest BCUT2D eigenvalue weighted by molar-refractivity contribution is 5.78. The van der Waals surface area contributed by atoms with Crippen LogP contribution in [0.2, 0.25) is 0 Å². The first-order valence-corrected chi connectivity index (χ1v) is 5.89. The van der Waals surface area contributed by atoms with Gasteiger partial charge >= 0.3 is 0 Å². The van der Waals surface area contributed by atoms with Gasteiger partial charge in [-0.3, -0.25) is 4.79 Å². The Morgan fingerprint density at radius 2 is 2.13 bits per heavy atom. The zero-order valence-corrected chi connectivity index (χ0v) is 10.4. The molecule has 1 amide bonds. The van der Waals surface area contributed by atoms with E-state index in [1.54, 1.807) is 0 Å². The number of carbonyl (C=O) groups excluding carboxylic acids is 1. The van der Waals surface area contributed by atoms with Gasteiger partial charge in [0.25, 0.3) is 0 Å². The summed E-state index contributed by atoms with van der Waals surface area (Å²) in [5.74, 6) is 0.774. The molecule has 15 heavy (non-hydrogen) atoms. The molecule has 1 aliphatic rings. The second-order valence-electron chi connectivity index (χ2n) is 5.71. The fourth-order valence-electron chi connectivity index (χ4n) is 2.29. The third-order valence-electron chi connectivity index (χ3n) is 3.00. The maximum absolute atomic E-state index is 12.0. The van der Waals surface area contributed by atoms with Crippen LogP contribution in [0.25, 0.3) is 0 Å². The van der Waals surface area contributed by atoms with Gasteiger partial charge in [-0.15, -0.1) is 0 Å². The van der Waals surface area contributed by atoms with Crippen molar-refractivity contribution < 1.29 is 4.79 Å².